The minimum Gasteiger partial charge on any atom is -0.448 e. The van der Waals surface area contributed by atoms with Crippen molar-refractivity contribution < 1.29 is 19.7 Å². The second-order valence-corrected chi connectivity index (χ2v) is 14.5. The zero-order valence-electron chi connectivity index (χ0n) is 25.9. The van der Waals surface area contributed by atoms with Gasteiger partial charge in [-0.25, -0.2) is 4.98 Å². The van der Waals surface area contributed by atoms with E-state index in [4.69, 9.17) is 9.40 Å². The number of nitrogens with zero attached hydrogens (tertiary/aromatic N) is 1. The number of allylic oxidation sites excluding steroid dienone is 4. The Bertz CT molecular complexity index is 1180. The van der Waals surface area contributed by atoms with Gasteiger partial charge in [0.05, 0.1) is 29.4 Å². The van der Waals surface area contributed by atoms with Crippen LogP contribution in [0.3, 0.4) is 0 Å². The van der Waals surface area contributed by atoms with Gasteiger partial charge in [-0.05, 0) is 98.0 Å². The smallest absolute Gasteiger partial charge is 0.203 e. The van der Waals surface area contributed by atoms with Crippen LogP contribution >= 0.6 is 0 Å². The molecule has 1 aromatic rings. The van der Waals surface area contributed by atoms with Gasteiger partial charge in [0.25, 0.3) is 0 Å². The van der Waals surface area contributed by atoms with E-state index in [9.17, 15) is 15.3 Å². The van der Waals surface area contributed by atoms with Crippen molar-refractivity contribution in [1.82, 2.24) is 4.98 Å². The first-order valence-corrected chi connectivity index (χ1v) is 16.3. The Morgan fingerprint density at radius 1 is 1.17 bits per heavy atom. The number of oxazole rings is 1. The second-order valence-electron chi connectivity index (χ2n) is 14.5. The number of aromatic nitrogens is 1. The average molecular weight is 564 g/mol. The van der Waals surface area contributed by atoms with E-state index < -0.39 is 18.3 Å². The average Bonchev–Trinajstić information content (AvgIpc) is 3.45. The SMILES string of the molecule is C=C1/C(=C\C=C2/CCC[C@]3(C)[C@@H](C(C)(C)/C=C/[C@@H](O)C4(c5nc(CCCCC)co5)CC4)CC[C@@H]23)C[C@@H](O)C[C@@H]1O. The van der Waals surface area contributed by atoms with E-state index in [2.05, 4.69) is 52.5 Å². The maximum atomic E-state index is 11.4. The van der Waals surface area contributed by atoms with Gasteiger partial charge < -0.3 is 19.7 Å². The third-order valence-electron chi connectivity index (χ3n) is 11.2. The molecule has 0 radical (unpaired) electrons. The van der Waals surface area contributed by atoms with Crippen LogP contribution in [0.4, 0.5) is 0 Å². The van der Waals surface area contributed by atoms with Crippen LogP contribution < -0.4 is 0 Å². The van der Waals surface area contributed by atoms with E-state index >= 15 is 0 Å². The summed E-state index contributed by atoms with van der Waals surface area (Å²) in [6.45, 7) is 13.5. The highest BCUT2D eigenvalue weighted by molar-refractivity contribution is 5.39. The summed E-state index contributed by atoms with van der Waals surface area (Å²) >= 11 is 0. The predicted molar refractivity (Wildman–Crippen MR) is 164 cm³/mol. The monoisotopic (exact) mass is 563 g/mol. The lowest BCUT2D eigenvalue weighted by Crippen LogP contribution is -2.39. The zero-order chi connectivity index (χ0) is 29.4. The first kappa shape index (κ1) is 30.5. The highest BCUT2D eigenvalue weighted by atomic mass is 16.3. The van der Waals surface area contributed by atoms with Crippen LogP contribution in [0, 0.1) is 22.7 Å². The van der Waals surface area contributed by atoms with Gasteiger partial charge in [-0.3, -0.25) is 0 Å². The first-order valence-electron chi connectivity index (χ1n) is 16.3. The third-order valence-corrected chi connectivity index (χ3v) is 11.2. The Hall–Kier alpha value is -1.95. The molecule has 5 rings (SSSR count). The maximum absolute atomic E-state index is 11.4. The van der Waals surface area contributed by atoms with Gasteiger partial charge in [0.15, 0.2) is 0 Å². The number of fused-ring (bicyclic) bond motifs is 1. The van der Waals surface area contributed by atoms with Crippen molar-refractivity contribution in [1.29, 1.82) is 0 Å². The van der Waals surface area contributed by atoms with E-state index in [1.54, 1.807) is 6.26 Å². The molecule has 0 unspecified atom stereocenters. The van der Waals surface area contributed by atoms with E-state index in [0.29, 0.717) is 30.6 Å². The van der Waals surface area contributed by atoms with Gasteiger partial charge in [-0.2, -0.15) is 0 Å². The molecule has 1 heterocycles. The van der Waals surface area contributed by atoms with Crippen LogP contribution in [0.15, 0.2) is 58.3 Å². The van der Waals surface area contributed by atoms with Gasteiger partial charge in [-0.1, -0.05) is 77.0 Å². The summed E-state index contributed by atoms with van der Waals surface area (Å²) < 4.78 is 5.91. The molecule has 0 spiro atoms. The number of aliphatic hydroxyl groups excluding tert-OH is 3. The largest absolute Gasteiger partial charge is 0.448 e. The van der Waals surface area contributed by atoms with Crippen LogP contribution in [0.5, 0.6) is 0 Å². The number of aliphatic hydroxyl groups is 3. The minimum absolute atomic E-state index is 0.0464. The van der Waals surface area contributed by atoms with E-state index in [-0.39, 0.29) is 16.2 Å². The van der Waals surface area contributed by atoms with Gasteiger partial charge >= 0.3 is 0 Å². The summed E-state index contributed by atoms with van der Waals surface area (Å²) in [5.74, 6) is 1.77. The minimum atomic E-state index is -0.648. The lowest BCUT2D eigenvalue weighted by atomic mass is 9.57. The quantitative estimate of drug-likeness (QED) is 0.202. The van der Waals surface area contributed by atoms with E-state index in [0.717, 1.165) is 48.9 Å². The molecular formula is C36H53NO4. The molecule has 0 amide bonds. The molecule has 0 saturated heterocycles. The molecule has 5 heteroatoms. The molecule has 226 valence electrons. The van der Waals surface area contributed by atoms with Gasteiger partial charge in [-0.15, -0.1) is 0 Å². The maximum Gasteiger partial charge on any atom is 0.203 e. The zero-order valence-corrected chi connectivity index (χ0v) is 25.9. The van der Waals surface area contributed by atoms with Crippen LogP contribution in [-0.2, 0) is 11.8 Å². The first-order chi connectivity index (χ1) is 19.5. The third kappa shape index (κ3) is 6.10. The van der Waals surface area contributed by atoms with Gasteiger partial charge in [0.2, 0.25) is 5.89 Å². The molecule has 5 nitrogen and oxygen atoms in total. The fraction of sp³-hybridized carbons (Fsp3) is 0.694. The standard InChI is InChI=1S/C36H53NO4/c1-6-7-8-11-27-23-41-33(37-27)36(19-20-36)32(40)16-18-34(3,4)31-15-14-29-25(10-9-17-35(29,31)5)12-13-26-21-28(38)22-30(39)24(26)2/h12-13,16,18,23,28-32,38-40H,2,6-11,14-15,17,19-22H2,1,3-5H3/b18-16+,25-12+,26-13-/t28-,29+,30+,31-,32-,35+/m1/s1. The number of unbranched alkanes of at least 4 members (excludes halogenated alkanes) is 2. The lowest BCUT2D eigenvalue weighted by Gasteiger charge is -2.47. The van der Waals surface area contributed by atoms with Crippen molar-refractivity contribution >= 4 is 0 Å². The van der Waals surface area contributed by atoms with Crippen LogP contribution in [-0.4, -0.2) is 38.6 Å². The number of hydrogen-bond acceptors (Lipinski definition) is 5. The Balaban J connectivity index is 1.28. The van der Waals surface area contributed by atoms with E-state index in [1.807, 2.05) is 6.08 Å². The normalized spacial score (nSPS) is 34.5. The Morgan fingerprint density at radius 2 is 1.95 bits per heavy atom. The predicted octanol–water partition coefficient (Wildman–Crippen LogP) is 7.52. The Labute approximate surface area is 247 Å². The highest BCUT2D eigenvalue weighted by Crippen LogP contribution is 2.62. The molecule has 0 bridgehead atoms. The van der Waals surface area contributed by atoms with Crippen LogP contribution in [0.2, 0.25) is 0 Å². The molecule has 4 aliphatic carbocycles. The number of aryl methyl sites for hydroxylation is 1. The summed E-state index contributed by atoms with van der Waals surface area (Å²) in [4.78, 5) is 4.79. The molecule has 0 aromatic carbocycles. The van der Waals surface area contributed by atoms with Crippen molar-refractivity contribution in [2.24, 2.45) is 22.7 Å². The van der Waals surface area contributed by atoms with Gasteiger partial charge in [0, 0.05) is 6.42 Å². The molecule has 4 fully saturated rings. The summed E-state index contributed by atoms with van der Waals surface area (Å²) in [5, 5.41) is 31.8. The number of hydrogen-bond donors (Lipinski definition) is 3. The Morgan fingerprint density at radius 3 is 2.68 bits per heavy atom. The summed E-state index contributed by atoms with van der Waals surface area (Å²) in [6.07, 6.45) is 21.9. The molecule has 3 N–H and O–H groups in total. The summed E-state index contributed by atoms with van der Waals surface area (Å²) in [6, 6.07) is 0. The fourth-order valence-electron chi connectivity index (χ4n) is 8.54. The van der Waals surface area contributed by atoms with Crippen molar-refractivity contribution in [2.45, 2.75) is 135 Å². The van der Waals surface area contributed by atoms with Crippen molar-refractivity contribution in [2.75, 3.05) is 0 Å². The molecular weight excluding hydrogens is 510 g/mol. The van der Waals surface area contributed by atoms with E-state index in [1.165, 1.54) is 44.1 Å². The molecule has 6 atom stereocenters. The van der Waals surface area contributed by atoms with Crippen molar-refractivity contribution in [3.05, 3.63) is 65.5 Å². The molecule has 1 aromatic heterocycles. The second kappa shape index (κ2) is 12.0. The molecule has 4 saturated carbocycles. The Kier molecular flexibility index (Phi) is 8.91. The summed E-state index contributed by atoms with van der Waals surface area (Å²) in [5.41, 5.74) is 4.05. The molecule has 0 aliphatic heterocycles. The van der Waals surface area contributed by atoms with Crippen LogP contribution in [0.25, 0.3) is 0 Å². The number of rotatable bonds is 10. The van der Waals surface area contributed by atoms with Crippen LogP contribution in [0.1, 0.15) is 116 Å². The van der Waals surface area contributed by atoms with Gasteiger partial charge in [0.1, 0.15) is 6.26 Å². The van der Waals surface area contributed by atoms with Crippen molar-refractivity contribution in [3.8, 4) is 0 Å². The molecule has 4 aliphatic rings. The molecule has 41 heavy (non-hydrogen) atoms. The van der Waals surface area contributed by atoms with Crippen molar-refractivity contribution in [3.63, 3.8) is 0 Å². The fourth-order valence-corrected chi connectivity index (χ4v) is 8.54. The summed E-state index contributed by atoms with van der Waals surface area (Å²) in [7, 11) is 0. The lowest BCUT2D eigenvalue weighted by molar-refractivity contribution is 0.0705. The highest BCUT2D eigenvalue weighted by Gasteiger charge is 2.55. The topological polar surface area (TPSA) is 86.7 Å².